The lowest BCUT2D eigenvalue weighted by atomic mass is 10.2. The average Bonchev–Trinajstić information content (AvgIpc) is 2.91. The number of benzene rings is 2. The number of nitrogens with one attached hydrogen (secondary N) is 1. The monoisotopic (exact) mass is 382 g/mol. The standard InChI is InChI=1S/C20H18N2O2S2/c23-18(21-16-10-5-2-6-11-16)12-7-13-22-19(25)17(26-20(22)24)14-15-8-3-1-4-9-15/h1-6,8-11,14H,7,12-13H2,(H,21,23)/b17-14+. The third kappa shape index (κ3) is 4.80. The van der Waals surface area contributed by atoms with Gasteiger partial charge in [-0.05, 0) is 42.0 Å². The van der Waals surface area contributed by atoms with Gasteiger partial charge in [0.1, 0.15) is 4.99 Å². The zero-order valence-electron chi connectivity index (χ0n) is 14.1. The van der Waals surface area contributed by atoms with E-state index >= 15 is 0 Å². The van der Waals surface area contributed by atoms with Gasteiger partial charge in [-0.3, -0.25) is 14.5 Å². The van der Waals surface area contributed by atoms with E-state index in [1.807, 2.05) is 66.7 Å². The highest BCUT2D eigenvalue weighted by molar-refractivity contribution is 8.19. The minimum atomic E-state index is -0.0827. The fourth-order valence-corrected chi connectivity index (χ4v) is 3.83. The fraction of sp³-hybridized carbons (Fsp3) is 0.150. The number of carbonyl (C=O) groups is 2. The summed E-state index contributed by atoms with van der Waals surface area (Å²) in [7, 11) is 0. The Kier molecular flexibility index (Phi) is 6.20. The molecule has 2 amide bonds. The van der Waals surface area contributed by atoms with Crippen LogP contribution in [0.25, 0.3) is 6.08 Å². The molecule has 26 heavy (non-hydrogen) atoms. The topological polar surface area (TPSA) is 49.4 Å². The van der Waals surface area contributed by atoms with Crippen LogP contribution >= 0.6 is 24.0 Å². The number of thioether (sulfide) groups is 1. The van der Waals surface area contributed by atoms with E-state index in [9.17, 15) is 9.59 Å². The molecule has 0 aromatic heterocycles. The molecule has 0 spiro atoms. The molecule has 0 bridgehead atoms. The van der Waals surface area contributed by atoms with Gasteiger partial charge in [-0.25, -0.2) is 0 Å². The second-order valence-electron chi connectivity index (χ2n) is 5.76. The molecule has 3 rings (SSSR count). The molecule has 1 aliphatic rings. The number of amides is 2. The van der Waals surface area contributed by atoms with Gasteiger partial charge in [-0.1, -0.05) is 60.7 Å². The Labute approximate surface area is 162 Å². The molecule has 0 saturated carbocycles. The zero-order chi connectivity index (χ0) is 18.4. The van der Waals surface area contributed by atoms with Crippen LogP contribution in [0.3, 0.4) is 0 Å². The largest absolute Gasteiger partial charge is 0.326 e. The summed E-state index contributed by atoms with van der Waals surface area (Å²) in [5, 5.41) is 2.76. The van der Waals surface area contributed by atoms with Gasteiger partial charge in [0.2, 0.25) is 5.91 Å². The normalized spacial score (nSPS) is 15.5. The average molecular weight is 383 g/mol. The van der Waals surface area contributed by atoms with E-state index in [1.54, 1.807) is 4.90 Å². The minimum Gasteiger partial charge on any atom is -0.326 e. The van der Waals surface area contributed by atoms with Crippen molar-refractivity contribution < 1.29 is 9.59 Å². The maximum atomic E-state index is 12.2. The summed E-state index contributed by atoms with van der Waals surface area (Å²) in [6.45, 7) is 0.443. The Morgan fingerprint density at radius 1 is 1.08 bits per heavy atom. The van der Waals surface area contributed by atoms with Gasteiger partial charge in [0.05, 0.1) is 4.91 Å². The molecule has 132 valence electrons. The van der Waals surface area contributed by atoms with Crippen molar-refractivity contribution in [2.75, 3.05) is 11.9 Å². The molecule has 1 fully saturated rings. The molecular weight excluding hydrogens is 364 g/mol. The molecule has 0 unspecified atom stereocenters. The van der Waals surface area contributed by atoms with Crippen molar-refractivity contribution >= 4 is 51.9 Å². The van der Waals surface area contributed by atoms with Gasteiger partial charge >= 0.3 is 0 Å². The highest BCUT2D eigenvalue weighted by Crippen LogP contribution is 2.33. The molecule has 0 atom stereocenters. The number of nitrogens with zero attached hydrogens (tertiary/aromatic N) is 1. The highest BCUT2D eigenvalue weighted by Gasteiger charge is 2.31. The molecular formula is C20H18N2O2S2. The smallest absolute Gasteiger partial charge is 0.291 e. The summed E-state index contributed by atoms with van der Waals surface area (Å²) in [5.74, 6) is -0.0681. The lowest BCUT2D eigenvalue weighted by Crippen LogP contribution is -2.28. The number of para-hydroxylation sites is 1. The van der Waals surface area contributed by atoms with Crippen molar-refractivity contribution in [3.05, 3.63) is 71.1 Å². The fourth-order valence-electron chi connectivity index (χ4n) is 2.54. The first-order valence-corrected chi connectivity index (χ1v) is 9.51. The zero-order valence-corrected chi connectivity index (χ0v) is 15.7. The predicted octanol–water partition coefficient (Wildman–Crippen LogP) is 4.94. The van der Waals surface area contributed by atoms with Crippen molar-refractivity contribution in [2.24, 2.45) is 0 Å². The van der Waals surface area contributed by atoms with Crippen molar-refractivity contribution in [1.29, 1.82) is 0 Å². The molecule has 1 heterocycles. The second-order valence-corrected chi connectivity index (χ2v) is 7.14. The molecule has 1 saturated heterocycles. The molecule has 0 aliphatic carbocycles. The van der Waals surface area contributed by atoms with E-state index in [1.165, 1.54) is 0 Å². The summed E-state index contributed by atoms with van der Waals surface area (Å²) in [5.41, 5.74) is 1.78. The van der Waals surface area contributed by atoms with Gasteiger partial charge < -0.3 is 5.32 Å². The van der Waals surface area contributed by atoms with Gasteiger partial charge in [0.25, 0.3) is 5.24 Å². The first-order chi connectivity index (χ1) is 12.6. The number of hydrogen-bond donors (Lipinski definition) is 1. The molecule has 0 radical (unpaired) electrons. The van der Waals surface area contributed by atoms with E-state index in [4.69, 9.17) is 12.2 Å². The van der Waals surface area contributed by atoms with Crippen molar-refractivity contribution in [2.45, 2.75) is 12.8 Å². The molecule has 1 aliphatic heterocycles. The maximum absolute atomic E-state index is 12.2. The van der Waals surface area contributed by atoms with E-state index in [0.29, 0.717) is 24.4 Å². The summed E-state index contributed by atoms with van der Waals surface area (Å²) >= 11 is 6.58. The Balaban J connectivity index is 1.52. The van der Waals surface area contributed by atoms with Gasteiger partial charge in [0, 0.05) is 18.7 Å². The van der Waals surface area contributed by atoms with Crippen LogP contribution in [-0.4, -0.2) is 27.6 Å². The van der Waals surface area contributed by atoms with E-state index < -0.39 is 0 Å². The number of hydrogen-bond acceptors (Lipinski definition) is 4. The summed E-state index contributed by atoms with van der Waals surface area (Å²) in [4.78, 5) is 27.1. The summed E-state index contributed by atoms with van der Waals surface area (Å²) in [6, 6.07) is 19.1. The third-order valence-electron chi connectivity index (χ3n) is 3.81. The molecule has 6 heteroatoms. The lowest BCUT2D eigenvalue weighted by Gasteiger charge is -2.14. The van der Waals surface area contributed by atoms with Crippen molar-refractivity contribution in [3.63, 3.8) is 0 Å². The molecule has 4 nitrogen and oxygen atoms in total. The summed E-state index contributed by atoms with van der Waals surface area (Å²) in [6.07, 6.45) is 2.82. The van der Waals surface area contributed by atoms with Crippen LogP contribution in [0, 0.1) is 0 Å². The highest BCUT2D eigenvalue weighted by atomic mass is 32.2. The first kappa shape index (κ1) is 18.4. The SMILES string of the molecule is O=C(CCCN1C(=O)S/C(=C/c2ccccc2)C1=S)Nc1ccccc1. The van der Waals surface area contributed by atoms with Crippen LogP contribution < -0.4 is 5.32 Å². The molecule has 2 aromatic rings. The third-order valence-corrected chi connectivity index (χ3v) is 5.31. The predicted molar refractivity (Wildman–Crippen MR) is 111 cm³/mol. The van der Waals surface area contributed by atoms with Crippen LogP contribution in [0.5, 0.6) is 0 Å². The van der Waals surface area contributed by atoms with Crippen LogP contribution in [0.2, 0.25) is 0 Å². The molecule has 1 N–H and O–H groups in total. The Morgan fingerprint density at radius 3 is 2.42 bits per heavy atom. The van der Waals surface area contributed by atoms with E-state index in [2.05, 4.69) is 5.32 Å². The van der Waals surface area contributed by atoms with Gasteiger partial charge in [0.15, 0.2) is 0 Å². The molecule has 2 aromatic carbocycles. The van der Waals surface area contributed by atoms with E-state index in [0.717, 1.165) is 27.9 Å². The van der Waals surface area contributed by atoms with E-state index in [-0.39, 0.29) is 11.1 Å². The maximum Gasteiger partial charge on any atom is 0.291 e. The summed E-state index contributed by atoms with van der Waals surface area (Å²) < 4.78 is 0. The van der Waals surface area contributed by atoms with Crippen LogP contribution in [0.15, 0.2) is 65.6 Å². The first-order valence-electron chi connectivity index (χ1n) is 8.29. The van der Waals surface area contributed by atoms with Crippen molar-refractivity contribution in [3.8, 4) is 0 Å². The van der Waals surface area contributed by atoms with Gasteiger partial charge in [-0.2, -0.15) is 0 Å². The Morgan fingerprint density at radius 2 is 1.73 bits per heavy atom. The lowest BCUT2D eigenvalue weighted by molar-refractivity contribution is -0.116. The van der Waals surface area contributed by atoms with Gasteiger partial charge in [-0.15, -0.1) is 0 Å². The number of thiocarbonyl (C=S) groups is 1. The van der Waals surface area contributed by atoms with Crippen LogP contribution in [-0.2, 0) is 4.79 Å². The quantitative estimate of drug-likeness (QED) is 0.568. The van der Waals surface area contributed by atoms with Crippen LogP contribution in [0.1, 0.15) is 18.4 Å². The number of rotatable bonds is 6. The number of carbonyl (C=O) groups excluding carboxylic acids is 2. The minimum absolute atomic E-state index is 0.0681. The Hall–Kier alpha value is -2.44. The van der Waals surface area contributed by atoms with Crippen LogP contribution in [0.4, 0.5) is 10.5 Å². The second kappa shape index (κ2) is 8.78. The number of anilines is 1. The van der Waals surface area contributed by atoms with Crippen molar-refractivity contribution in [1.82, 2.24) is 4.90 Å². The Bertz CT molecular complexity index is 835.